The van der Waals surface area contributed by atoms with Crippen molar-refractivity contribution in [2.45, 2.75) is 41.5 Å². The molecule has 1 heterocycles. The maximum Gasteiger partial charge on any atom is 0.386 e. The normalized spacial score (nSPS) is 13.8. The molecule has 2 aromatic rings. The zero-order valence-electron chi connectivity index (χ0n) is 21.2. The van der Waals surface area contributed by atoms with Gasteiger partial charge in [0.25, 0.3) is 0 Å². The molecule has 1 aliphatic rings. The van der Waals surface area contributed by atoms with Crippen LogP contribution in [-0.2, 0) is 14.6 Å². The molecule has 3 rings (SSSR count). The summed E-state index contributed by atoms with van der Waals surface area (Å²) >= 11 is 0. The van der Waals surface area contributed by atoms with Crippen LogP contribution in [0, 0.1) is 10.8 Å². The van der Waals surface area contributed by atoms with Crippen molar-refractivity contribution in [2.75, 3.05) is 6.79 Å². The SMILES string of the molecule is CC(C)(C)C(C=Cc1ccc2c(c1)OCO2)=C(C(=O)OOC(=O)c1cccc(C(=O)O)c1)C(C)(C)C. The van der Waals surface area contributed by atoms with Crippen LogP contribution in [0.4, 0.5) is 0 Å². The van der Waals surface area contributed by atoms with Gasteiger partial charge in [-0.2, -0.15) is 0 Å². The van der Waals surface area contributed by atoms with E-state index in [4.69, 9.17) is 24.4 Å². The number of allylic oxidation sites excluding steroid dienone is 2. The highest BCUT2D eigenvalue weighted by molar-refractivity contribution is 5.96. The van der Waals surface area contributed by atoms with E-state index in [9.17, 15) is 14.4 Å². The first-order valence-corrected chi connectivity index (χ1v) is 11.4. The van der Waals surface area contributed by atoms with Crippen LogP contribution in [0.1, 0.15) is 67.8 Å². The topological polar surface area (TPSA) is 108 Å². The minimum Gasteiger partial charge on any atom is -0.478 e. The predicted molar refractivity (Wildman–Crippen MR) is 132 cm³/mol. The largest absolute Gasteiger partial charge is 0.478 e. The molecular formula is C28H30O8. The van der Waals surface area contributed by atoms with Crippen LogP contribution in [0.25, 0.3) is 6.08 Å². The Morgan fingerprint density at radius 3 is 2.17 bits per heavy atom. The molecule has 0 amide bonds. The highest BCUT2D eigenvalue weighted by atomic mass is 17.2. The number of fused-ring (bicyclic) bond motifs is 1. The monoisotopic (exact) mass is 494 g/mol. The molecule has 1 N–H and O–H groups in total. The number of carboxylic acids is 1. The van der Waals surface area contributed by atoms with Gasteiger partial charge in [0.1, 0.15) is 0 Å². The summed E-state index contributed by atoms with van der Waals surface area (Å²) in [5.74, 6) is -1.66. The molecule has 0 saturated heterocycles. The van der Waals surface area contributed by atoms with Crippen LogP contribution < -0.4 is 9.47 Å². The predicted octanol–water partition coefficient (Wildman–Crippen LogP) is 5.83. The molecule has 0 bridgehead atoms. The Morgan fingerprint density at radius 2 is 1.53 bits per heavy atom. The fourth-order valence-corrected chi connectivity index (χ4v) is 3.67. The molecule has 0 unspecified atom stereocenters. The van der Waals surface area contributed by atoms with Gasteiger partial charge in [-0.05, 0) is 52.3 Å². The molecule has 8 nitrogen and oxygen atoms in total. The fourth-order valence-electron chi connectivity index (χ4n) is 3.67. The van der Waals surface area contributed by atoms with Gasteiger partial charge in [0, 0.05) is 0 Å². The van der Waals surface area contributed by atoms with E-state index in [2.05, 4.69) is 0 Å². The number of rotatable bonds is 5. The molecule has 0 spiro atoms. The first-order valence-electron chi connectivity index (χ1n) is 11.4. The maximum absolute atomic E-state index is 13.2. The molecule has 0 aromatic heterocycles. The summed E-state index contributed by atoms with van der Waals surface area (Å²) in [6.45, 7) is 11.7. The maximum atomic E-state index is 13.2. The van der Waals surface area contributed by atoms with E-state index in [-0.39, 0.29) is 17.9 Å². The highest BCUT2D eigenvalue weighted by Gasteiger charge is 2.34. The van der Waals surface area contributed by atoms with Crippen molar-refractivity contribution in [3.63, 3.8) is 0 Å². The van der Waals surface area contributed by atoms with Crippen molar-refractivity contribution in [1.82, 2.24) is 0 Å². The lowest BCUT2D eigenvalue weighted by molar-refractivity contribution is -0.230. The van der Waals surface area contributed by atoms with Gasteiger partial charge in [0.2, 0.25) is 6.79 Å². The van der Waals surface area contributed by atoms with E-state index in [0.29, 0.717) is 22.6 Å². The van der Waals surface area contributed by atoms with Crippen LogP contribution in [0.2, 0.25) is 0 Å². The van der Waals surface area contributed by atoms with Crippen molar-refractivity contribution in [2.24, 2.45) is 10.8 Å². The lowest BCUT2D eigenvalue weighted by Gasteiger charge is -2.30. The van der Waals surface area contributed by atoms with Crippen LogP contribution in [0.15, 0.2) is 59.7 Å². The average Bonchev–Trinajstić information content (AvgIpc) is 3.26. The number of carboxylic acid groups (broad SMARTS) is 1. The quantitative estimate of drug-likeness (QED) is 0.239. The molecule has 8 heteroatoms. The van der Waals surface area contributed by atoms with Crippen LogP contribution in [0.3, 0.4) is 0 Å². The van der Waals surface area contributed by atoms with Gasteiger partial charge in [-0.3, -0.25) is 0 Å². The summed E-state index contributed by atoms with van der Waals surface area (Å²) in [6.07, 6.45) is 3.71. The lowest BCUT2D eigenvalue weighted by Crippen LogP contribution is -2.27. The van der Waals surface area contributed by atoms with E-state index in [1.54, 1.807) is 0 Å². The van der Waals surface area contributed by atoms with Crippen molar-refractivity contribution in [1.29, 1.82) is 0 Å². The van der Waals surface area contributed by atoms with E-state index in [1.807, 2.05) is 71.9 Å². The van der Waals surface area contributed by atoms with Gasteiger partial charge in [-0.15, -0.1) is 0 Å². The molecular weight excluding hydrogens is 464 g/mol. The molecule has 0 saturated carbocycles. The fraction of sp³-hybridized carbons (Fsp3) is 0.321. The summed E-state index contributed by atoms with van der Waals surface area (Å²) < 4.78 is 10.8. The van der Waals surface area contributed by atoms with Crippen LogP contribution >= 0.6 is 0 Å². The second-order valence-corrected chi connectivity index (χ2v) is 10.4. The van der Waals surface area contributed by atoms with Crippen molar-refractivity contribution < 1.29 is 38.7 Å². The number of carbonyl (C=O) groups is 3. The molecule has 190 valence electrons. The van der Waals surface area contributed by atoms with Crippen molar-refractivity contribution in [3.8, 4) is 11.5 Å². The van der Waals surface area contributed by atoms with Gasteiger partial charge in [-0.1, -0.05) is 65.8 Å². The minimum absolute atomic E-state index is 0.0530. The lowest BCUT2D eigenvalue weighted by atomic mass is 9.74. The number of benzene rings is 2. The summed E-state index contributed by atoms with van der Waals surface area (Å²) in [4.78, 5) is 46.6. The highest BCUT2D eigenvalue weighted by Crippen LogP contribution is 2.39. The zero-order chi connectivity index (χ0) is 26.7. The van der Waals surface area contributed by atoms with Crippen molar-refractivity contribution in [3.05, 3.63) is 76.4 Å². The molecule has 0 aliphatic carbocycles. The number of carbonyl (C=O) groups excluding carboxylic acids is 2. The minimum atomic E-state index is -1.19. The van der Waals surface area contributed by atoms with Gasteiger partial charge < -0.3 is 14.6 Å². The van der Waals surface area contributed by atoms with Crippen LogP contribution in [0.5, 0.6) is 11.5 Å². The average molecular weight is 495 g/mol. The third-order valence-electron chi connectivity index (χ3n) is 5.41. The molecule has 0 atom stereocenters. The Morgan fingerprint density at radius 1 is 0.861 bits per heavy atom. The second kappa shape index (κ2) is 10.3. The first-order chi connectivity index (χ1) is 16.8. The Hall–Kier alpha value is -4.07. The molecule has 36 heavy (non-hydrogen) atoms. The van der Waals surface area contributed by atoms with Gasteiger partial charge in [0.15, 0.2) is 11.5 Å². The van der Waals surface area contributed by atoms with E-state index >= 15 is 0 Å². The standard InChI is InChI=1S/C28H30O8/c1-27(2,3)20(12-10-17-11-13-21-22(14-17)34-16-33-21)23(28(4,5)6)26(32)36-35-25(31)19-9-7-8-18(15-19)24(29)30/h7-15H,16H2,1-6H3,(H,29,30). The van der Waals surface area contributed by atoms with E-state index in [0.717, 1.165) is 11.6 Å². The van der Waals surface area contributed by atoms with E-state index in [1.165, 1.54) is 18.2 Å². The third-order valence-corrected chi connectivity index (χ3v) is 5.41. The second-order valence-electron chi connectivity index (χ2n) is 10.4. The Kier molecular flexibility index (Phi) is 7.57. The Bertz CT molecular complexity index is 1240. The number of aromatic carboxylic acids is 1. The van der Waals surface area contributed by atoms with Gasteiger partial charge in [0.05, 0.1) is 16.7 Å². The number of ether oxygens (including phenoxy) is 2. The van der Waals surface area contributed by atoms with Crippen LogP contribution in [-0.4, -0.2) is 29.8 Å². The summed E-state index contributed by atoms with van der Waals surface area (Å²) in [5.41, 5.74) is 0.619. The third kappa shape index (κ3) is 6.33. The van der Waals surface area contributed by atoms with E-state index < -0.39 is 28.7 Å². The Balaban J connectivity index is 1.90. The zero-order valence-corrected chi connectivity index (χ0v) is 21.2. The van der Waals surface area contributed by atoms with Crippen molar-refractivity contribution >= 4 is 24.0 Å². The molecule has 0 fully saturated rings. The summed E-state index contributed by atoms with van der Waals surface area (Å²) in [6, 6.07) is 10.8. The molecule has 1 aliphatic heterocycles. The smallest absolute Gasteiger partial charge is 0.386 e. The molecule has 2 aromatic carbocycles. The Labute approximate surface area is 210 Å². The summed E-state index contributed by atoms with van der Waals surface area (Å²) in [7, 11) is 0. The number of hydrogen-bond acceptors (Lipinski definition) is 7. The van der Waals surface area contributed by atoms with Gasteiger partial charge in [-0.25, -0.2) is 24.2 Å². The molecule has 0 radical (unpaired) electrons. The van der Waals surface area contributed by atoms with Gasteiger partial charge >= 0.3 is 17.9 Å². The summed E-state index contributed by atoms with van der Waals surface area (Å²) in [5, 5.41) is 9.12. The first kappa shape index (κ1) is 26.5. The number of hydrogen-bond donors (Lipinski definition) is 1.